The van der Waals surface area contributed by atoms with Crippen LogP contribution >= 0.6 is 22.9 Å². The fourth-order valence-corrected chi connectivity index (χ4v) is 3.86. The van der Waals surface area contributed by atoms with E-state index in [4.69, 9.17) is 21.4 Å². The van der Waals surface area contributed by atoms with Crippen LogP contribution in [0.4, 0.5) is 5.69 Å². The van der Waals surface area contributed by atoms with E-state index in [1.54, 1.807) is 18.5 Å². The standard InChI is InChI=1S/C19H15ClN2O5S/c20-15-16(27-10-14(23)24)18(19(25)26)28-17(15)12-4-1-5-13(7-12)22-9-11-3-2-6-21-8-11/h1-8,22H,9-10H2,(H,23,24)(H,25,26). The van der Waals surface area contributed by atoms with Crippen LogP contribution in [0.25, 0.3) is 10.4 Å². The zero-order valence-corrected chi connectivity index (χ0v) is 16.0. The average Bonchev–Trinajstić information content (AvgIpc) is 3.02. The number of carboxylic acids is 2. The molecule has 0 aliphatic rings. The van der Waals surface area contributed by atoms with Crippen molar-refractivity contribution in [1.82, 2.24) is 4.98 Å². The quantitative estimate of drug-likeness (QED) is 0.502. The van der Waals surface area contributed by atoms with Crippen molar-refractivity contribution in [1.29, 1.82) is 0 Å². The molecule has 0 radical (unpaired) electrons. The highest BCUT2D eigenvalue weighted by molar-refractivity contribution is 7.18. The van der Waals surface area contributed by atoms with E-state index in [2.05, 4.69) is 10.3 Å². The second-order valence-corrected chi connectivity index (χ2v) is 7.09. The number of aromatic carboxylic acids is 1. The van der Waals surface area contributed by atoms with E-state index in [1.807, 2.05) is 30.3 Å². The molecular formula is C19H15ClN2O5S. The summed E-state index contributed by atoms with van der Waals surface area (Å²) >= 11 is 7.25. The molecule has 0 atom stereocenters. The number of ether oxygens (including phenoxy) is 1. The number of nitrogens with one attached hydrogen (secondary N) is 1. The summed E-state index contributed by atoms with van der Waals surface area (Å²) in [4.78, 5) is 26.7. The van der Waals surface area contributed by atoms with Crippen LogP contribution in [-0.2, 0) is 11.3 Å². The van der Waals surface area contributed by atoms with Crippen LogP contribution < -0.4 is 10.1 Å². The molecule has 0 fully saturated rings. The number of halogens is 1. The minimum Gasteiger partial charge on any atom is -0.479 e. The van der Waals surface area contributed by atoms with Crippen molar-refractivity contribution in [2.45, 2.75) is 6.54 Å². The zero-order valence-electron chi connectivity index (χ0n) is 14.4. The Labute approximate surface area is 169 Å². The normalized spacial score (nSPS) is 10.5. The van der Waals surface area contributed by atoms with Crippen molar-refractivity contribution < 1.29 is 24.5 Å². The van der Waals surface area contributed by atoms with Crippen molar-refractivity contribution >= 4 is 40.6 Å². The highest BCUT2D eigenvalue weighted by Crippen LogP contribution is 2.45. The number of carboxylic acid groups (broad SMARTS) is 2. The van der Waals surface area contributed by atoms with Crippen LogP contribution in [0.5, 0.6) is 5.75 Å². The maximum atomic E-state index is 11.5. The van der Waals surface area contributed by atoms with E-state index in [9.17, 15) is 14.7 Å². The third-order valence-corrected chi connectivity index (χ3v) is 5.37. The maximum Gasteiger partial charge on any atom is 0.349 e. The van der Waals surface area contributed by atoms with E-state index in [1.165, 1.54) is 0 Å². The van der Waals surface area contributed by atoms with Gasteiger partial charge in [-0.1, -0.05) is 29.8 Å². The van der Waals surface area contributed by atoms with Gasteiger partial charge in [0.15, 0.2) is 17.2 Å². The number of aliphatic carboxylic acids is 1. The Kier molecular flexibility index (Phi) is 6.13. The minimum absolute atomic E-state index is 0.0769. The summed E-state index contributed by atoms with van der Waals surface area (Å²) in [6.07, 6.45) is 3.46. The van der Waals surface area contributed by atoms with Gasteiger partial charge < -0.3 is 20.3 Å². The average molecular weight is 419 g/mol. The Morgan fingerprint density at radius 2 is 2.04 bits per heavy atom. The summed E-state index contributed by atoms with van der Waals surface area (Å²) in [6.45, 7) is -0.105. The second kappa shape index (κ2) is 8.73. The summed E-state index contributed by atoms with van der Waals surface area (Å²) in [5, 5.41) is 21.5. The topological polar surface area (TPSA) is 109 Å². The summed E-state index contributed by atoms with van der Waals surface area (Å²) < 4.78 is 5.10. The minimum atomic E-state index is -1.23. The Balaban J connectivity index is 1.87. The molecule has 144 valence electrons. The summed E-state index contributed by atoms with van der Waals surface area (Å²) in [5.41, 5.74) is 2.52. The van der Waals surface area contributed by atoms with Gasteiger partial charge in [0, 0.05) is 24.6 Å². The molecule has 0 aliphatic carbocycles. The van der Waals surface area contributed by atoms with Gasteiger partial charge in [-0.2, -0.15) is 0 Å². The fraction of sp³-hybridized carbons (Fsp3) is 0.105. The first-order valence-corrected chi connectivity index (χ1v) is 9.28. The van der Waals surface area contributed by atoms with Gasteiger partial charge >= 0.3 is 11.9 Å². The molecule has 0 unspecified atom stereocenters. The lowest BCUT2D eigenvalue weighted by Gasteiger charge is -2.08. The van der Waals surface area contributed by atoms with Crippen LogP contribution in [-0.4, -0.2) is 33.7 Å². The first kappa shape index (κ1) is 19.7. The summed E-state index contributed by atoms with van der Waals surface area (Å²) in [6, 6.07) is 11.1. The lowest BCUT2D eigenvalue weighted by Crippen LogP contribution is -2.10. The predicted molar refractivity (Wildman–Crippen MR) is 106 cm³/mol. The van der Waals surface area contributed by atoms with E-state index in [-0.39, 0.29) is 15.6 Å². The Hall–Kier alpha value is -3.10. The molecule has 9 heteroatoms. The molecule has 1 aromatic carbocycles. The molecule has 2 aromatic heterocycles. The highest BCUT2D eigenvalue weighted by atomic mass is 35.5. The lowest BCUT2D eigenvalue weighted by atomic mass is 10.1. The molecule has 0 aliphatic heterocycles. The SMILES string of the molecule is O=C(O)COc1c(C(=O)O)sc(-c2cccc(NCc3cccnc3)c2)c1Cl. The monoisotopic (exact) mass is 418 g/mol. The number of hydrogen-bond donors (Lipinski definition) is 3. The van der Waals surface area contributed by atoms with Gasteiger partial charge in [-0.25, -0.2) is 9.59 Å². The number of rotatable bonds is 8. The van der Waals surface area contributed by atoms with Gasteiger partial charge in [-0.3, -0.25) is 4.98 Å². The van der Waals surface area contributed by atoms with Crippen LogP contribution in [0.3, 0.4) is 0 Å². The molecule has 28 heavy (non-hydrogen) atoms. The Morgan fingerprint density at radius 3 is 2.71 bits per heavy atom. The first-order valence-electron chi connectivity index (χ1n) is 8.09. The Bertz CT molecular complexity index is 1010. The number of aromatic nitrogens is 1. The van der Waals surface area contributed by atoms with Crippen LogP contribution in [0, 0.1) is 0 Å². The molecule has 0 bridgehead atoms. The third-order valence-electron chi connectivity index (χ3n) is 3.69. The number of anilines is 1. The fourth-order valence-electron chi connectivity index (χ4n) is 2.46. The van der Waals surface area contributed by atoms with Gasteiger partial charge in [0.2, 0.25) is 0 Å². The molecule has 0 amide bonds. The molecule has 0 saturated carbocycles. The molecule has 7 nitrogen and oxygen atoms in total. The van der Waals surface area contributed by atoms with Gasteiger partial charge in [0.05, 0.1) is 4.88 Å². The van der Waals surface area contributed by atoms with Crippen molar-refractivity contribution in [3.63, 3.8) is 0 Å². The van der Waals surface area contributed by atoms with Gasteiger partial charge in [-0.15, -0.1) is 11.3 Å². The van der Waals surface area contributed by atoms with Crippen molar-refractivity contribution in [3.05, 3.63) is 64.3 Å². The number of benzene rings is 1. The Morgan fingerprint density at radius 1 is 1.21 bits per heavy atom. The van der Waals surface area contributed by atoms with E-state index >= 15 is 0 Å². The molecule has 0 saturated heterocycles. The molecule has 0 spiro atoms. The van der Waals surface area contributed by atoms with Crippen LogP contribution in [0.15, 0.2) is 48.8 Å². The van der Waals surface area contributed by atoms with Gasteiger partial charge in [0.25, 0.3) is 0 Å². The van der Waals surface area contributed by atoms with E-state index < -0.39 is 18.5 Å². The third kappa shape index (κ3) is 4.59. The summed E-state index contributed by atoms with van der Waals surface area (Å²) in [5.74, 6) is -2.59. The van der Waals surface area contributed by atoms with E-state index in [0.717, 1.165) is 22.6 Å². The van der Waals surface area contributed by atoms with Crippen molar-refractivity contribution in [2.24, 2.45) is 0 Å². The molecule has 3 N–H and O–H groups in total. The van der Waals surface area contributed by atoms with Crippen LogP contribution in [0.1, 0.15) is 15.2 Å². The smallest absolute Gasteiger partial charge is 0.349 e. The zero-order chi connectivity index (χ0) is 20.1. The molecular weight excluding hydrogens is 404 g/mol. The van der Waals surface area contributed by atoms with Crippen molar-refractivity contribution in [3.8, 4) is 16.2 Å². The maximum absolute atomic E-state index is 11.5. The number of carbonyl (C=O) groups is 2. The van der Waals surface area contributed by atoms with Gasteiger partial charge in [-0.05, 0) is 29.3 Å². The number of thiophene rings is 1. The lowest BCUT2D eigenvalue weighted by molar-refractivity contribution is -0.139. The second-order valence-electron chi connectivity index (χ2n) is 5.69. The highest BCUT2D eigenvalue weighted by Gasteiger charge is 2.24. The molecule has 2 heterocycles. The molecule has 3 aromatic rings. The number of pyridine rings is 1. The largest absolute Gasteiger partial charge is 0.479 e. The first-order chi connectivity index (χ1) is 13.5. The predicted octanol–water partition coefficient (Wildman–Crippen LogP) is 4.24. The molecule has 3 rings (SSSR count). The number of hydrogen-bond acceptors (Lipinski definition) is 6. The van der Waals surface area contributed by atoms with Crippen LogP contribution in [0.2, 0.25) is 5.02 Å². The number of nitrogens with zero attached hydrogens (tertiary/aromatic N) is 1. The summed E-state index contributed by atoms with van der Waals surface area (Å²) in [7, 11) is 0. The van der Waals surface area contributed by atoms with Gasteiger partial charge in [0.1, 0.15) is 5.02 Å². The van der Waals surface area contributed by atoms with E-state index in [0.29, 0.717) is 17.0 Å². The van der Waals surface area contributed by atoms with Crippen molar-refractivity contribution in [2.75, 3.05) is 11.9 Å².